The molecule has 196 valence electrons. The van der Waals surface area contributed by atoms with Crippen molar-refractivity contribution in [1.82, 2.24) is 0 Å². The van der Waals surface area contributed by atoms with Crippen molar-refractivity contribution in [2.24, 2.45) is 0 Å². The van der Waals surface area contributed by atoms with Crippen LogP contribution in [-0.4, -0.2) is 25.0 Å². The first-order chi connectivity index (χ1) is 18.1. The fraction of sp³-hybridized carbons (Fsp3) is 0.148. The number of halogens is 4. The molecule has 3 rings (SSSR count). The van der Waals surface area contributed by atoms with Gasteiger partial charge in [0.2, 0.25) is 0 Å². The first-order valence-corrected chi connectivity index (χ1v) is 11.5. The normalized spacial score (nSPS) is 11.3. The summed E-state index contributed by atoms with van der Waals surface area (Å²) in [5, 5.41) is 15.0. The number of hydrogen-bond donors (Lipinski definition) is 2. The molecule has 2 amide bonds. The van der Waals surface area contributed by atoms with Gasteiger partial charge >= 0.3 is 6.18 Å². The molecule has 0 aromatic heterocycles. The monoisotopic (exact) mass is 543 g/mol. The van der Waals surface area contributed by atoms with Gasteiger partial charge in [0, 0.05) is 16.4 Å². The minimum absolute atomic E-state index is 0.110. The number of ether oxygens (including phenoxy) is 2. The first-order valence-electron chi connectivity index (χ1n) is 11.1. The van der Waals surface area contributed by atoms with Crippen LogP contribution < -0.4 is 20.1 Å². The van der Waals surface area contributed by atoms with Crippen LogP contribution in [-0.2, 0) is 15.8 Å². The van der Waals surface area contributed by atoms with Crippen LogP contribution in [0.1, 0.15) is 18.1 Å². The van der Waals surface area contributed by atoms with E-state index in [2.05, 4.69) is 10.6 Å². The third-order valence-electron chi connectivity index (χ3n) is 4.88. The predicted molar refractivity (Wildman–Crippen MR) is 137 cm³/mol. The van der Waals surface area contributed by atoms with Crippen LogP contribution in [0.4, 0.5) is 24.5 Å². The molecular weight excluding hydrogens is 523 g/mol. The van der Waals surface area contributed by atoms with E-state index >= 15 is 0 Å². The van der Waals surface area contributed by atoms with Gasteiger partial charge < -0.3 is 20.1 Å². The zero-order valence-electron chi connectivity index (χ0n) is 19.9. The highest BCUT2D eigenvalue weighted by Crippen LogP contribution is 2.31. The summed E-state index contributed by atoms with van der Waals surface area (Å²) in [7, 11) is 0. The third-order valence-corrected chi connectivity index (χ3v) is 5.13. The van der Waals surface area contributed by atoms with E-state index in [1.54, 1.807) is 37.3 Å². The lowest BCUT2D eigenvalue weighted by Crippen LogP contribution is -2.20. The van der Waals surface area contributed by atoms with E-state index in [4.69, 9.17) is 21.1 Å². The highest BCUT2D eigenvalue weighted by atomic mass is 35.5. The lowest BCUT2D eigenvalue weighted by molar-refractivity contribution is -0.137. The summed E-state index contributed by atoms with van der Waals surface area (Å²) in [5.41, 5.74) is -0.456. The number of benzene rings is 3. The lowest BCUT2D eigenvalue weighted by Gasteiger charge is -2.13. The molecule has 0 aliphatic carbocycles. The maximum Gasteiger partial charge on any atom is 0.416 e. The summed E-state index contributed by atoms with van der Waals surface area (Å²) < 4.78 is 50.0. The Morgan fingerprint density at radius 3 is 2.37 bits per heavy atom. The van der Waals surface area contributed by atoms with E-state index in [1.807, 2.05) is 0 Å². The molecule has 0 saturated heterocycles. The summed E-state index contributed by atoms with van der Waals surface area (Å²) in [6.45, 7) is 1.69. The number of carbonyl (C=O) groups excluding carboxylic acids is 2. The topological polar surface area (TPSA) is 100 Å². The molecule has 0 aliphatic rings. The minimum atomic E-state index is -4.58. The highest BCUT2D eigenvalue weighted by Gasteiger charge is 2.30. The molecule has 0 unspecified atom stereocenters. The van der Waals surface area contributed by atoms with Crippen LogP contribution in [0.15, 0.2) is 72.3 Å². The number of nitrogens with one attached hydrogen (secondary N) is 2. The van der Waals surface area contributed by atoms with Crippen LogP contribution in [0, 0.1) is 11.3 Å². The van der Waals surface area contributed by atoms with Crippen molar-refractivity contribution in [3.05, 3.63) is 88.5 Å². The zero-order chi connectivity index (χ0) is 27.7. The van der Waals surface area contributed by atoms with Gasteiger partial charge in [0.25, 0.3) is 11.8 Å². The van der Waals surface area contributed by atoms with Crippen molar-refractivity contribution >= 4 is 40.9 Å². The fourth-order valence-electron chi connectivity index (χ4n) is 3.16. The van der Waals surface area contributed by atoms with Gasteiger partial charge in [0.1, 0.15) is 11.6 Å². The third kappa shape index (κ3) is 8.01. The molecule has 0 atom stereocenters. The maximum atomic E-state index is 12.9. The van der Waals surface area contributed by atoms with Gasteiger partial charge in [-0.2, -0.15) is 18.4 Å². The van der Waals surface area contributed by atoms with Gasteiger partial charge in [0.15, 0.2) is 18.1 Å². The second-order valence-electron chi connectivity index (χ2n) is 7.69. The van der Waals surface area contributed by atoms with E-state index in [-0.39, 0.29) is 36.0 Å². The Labute approximate surface area is 221 Å². The van der Waals surface area contributed by atoms with E-state index < -0.39 is 23.6 Å². The maximum absolute atomic E-state index is 12.9. The quantitative estimate of drug-likeness (QED) is 0.243. The highest BCUT2D eigenvalue weighted by molar-refractivity contribution is 6.30. The Bertz CT molecular complexity index is 1380. The Morgan fingerprint density at radius 1 is 0.974 bits per heavy atom. The molecule has 0 heterocycles. The number of anilines is 2. The van der Waals surface area contributed by atoms with Crippen LogP contribution in [0.5, 0.6) is 11.5 Å². The summed E-state index contributed by atoms with van der Waals surface area (Å²) in [6, 6.07) is 16.9. The van der Waals surface area contributed by atoms with E-state index in [9.17, 15) is 28.0 Å². The molecular formula is C27H21ClF3N3O4. The van der Waals surface area contributed by atoms with Gasteiger partial charge in [-0.25, -0.2) is 0 Å². The number of amides is 2. The molecule has 0 bridgehead atoms. The Kier molecular flexibility index (Phi) is 9.35. The largest absolute Gasteiger partial charge is 0.490 e. The first kappa shape index (κ1) is 28.1. The molecule has 3 aromatic rings. The molecule has 7 nitrogen and oxygen atoms in total. The molecule has 3 aromatic carbocycles. The van der Waals surface area contributed by atoms with Gasteiger partial charge in [0.05, 0.1) is 12.2 Å². The van der Waals surface area contributed by atoms with Gasteiger partial charge in [-0.05, 0) is 73.2 Å². The van der Waals surface area contributed by atoms with Crippen LogP contribution in [0.2, 0.25) is 5.02 Å². The summed E-state index contributed by atoms with van der Waals surface area (Å²) in [5.74, 6) is -0.793. The molecule has 0 saturated carbocycles. The van der Waals surface area contributed by atoms with Gasteiger partial charge in [-0.1, -0.05) is 23.7 Å². The fourth-order valence-corrected chi connectivity index (χ4v) is 3.29. The molecule has 0 aliphatic heterocycles. The van der Waals surface area contributed by atoms with E-state index in [0.717, 1.165) is 18.2 Å². The zero-order valence-corrected chi connectivity index (χ0v) is 20.7. The summed E-state index contributed by atoms with van der Waals surface area (Å²) in [4.78, 5) is 24.8. The second kappa shape index (κ2) is 12.7. The minimum Gasteiger partial charge on any atom is -0.490 e. The molecule has 2 N–H and O–H groups in total. The molecule has 38 heavy (non-hydrogen) atoms. The Morgan fingerprint density at radius 2 is 1.71 bits per heavy atom. The lowest BCUT2D eigenvalue weighted by atomic mass is 10.1. The molecule has 0 fully saturated rings. The van der Waals surface area contributed by atoms with E-state index in [1.165, 1.54) is 30.3 Å². The smallest absolute Gasteiger partial charge is 0.416 e. The number of hydrogen-bond acceptors (Lipinski definition) is 5. The number of alkyl halides is 3. The average Bonchev–Trinajstić information content (AvgIpc) is 2.88. The summed E-state index contributed by atoms with van der Waals surface area (Å²) in [6.07, 6.45) is -3.33. The summed E-state index contributed by atoms with van der Waals surface area (Å²) >= 11 is 5.83. The van der Waals surface area contributed by atoms with Crippen LogP contribution >= 0.6 is 11.6 Å². The number of carbonyl (C=O) groups is 2. The average molecular weight is 544 g/mol. The van der Waals surface area contributed by atoms with Gasteiger partial charge in [-0.3, -0.25) is 9.59 Å². The van der Waals surface area contributed by atoms with Crippen LogP contribution in [0.3, 0.4) is 0 Å². The van der Waals surface area contributed by atoms with Crippen molar-refractivity contribution in [2.75, 3.05) is 23.8 Å². The Balaban J connectivity index is 1.72. The number of rotatable bonds is 9. The number of nitriles is 1. The van der Waals surface area contributed by atoms with E-state index in [0.29, 0.717) is 16.3 Å². The standard InChI is InChI=1S/C27H21ClF3N3O4/c1-2-37-24-13-17(6-11-23(24)38-16-25(35)33-21-9-7-20(28)8-10-21)12-18(15-32)26(36)34-22-5-3-4-19(14-22)27(29,30)31/h3-14H,2,16H2,1H3,(H,33,35)(H,34,36)/b18-12+. The molecule has 0 spiro atoms. The predicted octanol–water partition coefficient (Wildman–Crippen LogP) is 6.32. The second-order valence-corrected chi connectivity index (χ2v) is 8.12. The number of nitrogens with zero attached hydrogens (tertiary/aromatic N) is 1. The van der Waals surface area contributed by atoms with Crippen molar-refractivity contribution in [3.8, 4) is 17.6 Å². The Hall–Kier alpha value is -4.49. The van der Waals surface area contributed by atoms with Gasteiger partial charge in [-0.15, -0.1) is 0 Å². The van der Waals surface area contributed by atoms with Crippen molar-refractivity contribution < 1.29 is 32.2 Å². The SMILES string of the molecule is CCOc1cc(/C=C(\C#N)C(=O)Nc2cccc(C(F)(F)F)c2)ccc1OCC(=O)Nc1ccc(Cl)cc1. The van der Waals surface area contributed by atoms with Crippen molar-refractivity contribution in [1.29, 1.82) is 5.26 Å². The molecule has 0 radical (unpaired) electrons. The molecule has 11 heteroatoms. The van der Waals surface area contributed by atoms with Crippen LogP contribution in [0.25, 0.3) is 6.08 Å². The van der Waals surface area contributed by atoms with Crippen molar-refractivity contribution in [3.63, 3.8) is 0 Å². The van der Waals surface area contributed by atoms with Crippen molar-refractivity contribution in [2.45, 2.75) is 13.1 Å².